The molecule has 0 saturated carbocycles. The molecule has 0 bridgehead atoms. The third-order valence-corrected chi connectivity index (χ3v) is 6.33. The van der Waals surface area contributed by atoms with Gasteiger partial charge in [0.25, 0.3) is 0 Å². The molecule has 2 heteroatoms. The van der Waals surface area contributed by atoms with Crippen molar-refractivity contribution in [3.05, 3.63) is 12.2 Å². The lowest BCUT2D eigenvalue weighted by atomic mass is 9.78. The largest absolute Gasteiger partial charge is 0.349 e. The van der Waals surface area contributed by atoms with E-state index in [0.717, 1.165) is 6.42 Å². The Morgan fingerprint density at radius 3 is 2.36 bits per heavy atom. The molecule has 1 saturated heterocycles. The molecule has 0 radical (unpaired) electrons. The van der Waals surface area contributed by atoms with Gasteiger partial charge in [0.05, 0.1) is 12.2 Å². The van der Waals surface area contributed by atoms with Gasteiger partial charge in [0.2, 0.25) is 0 Å². The van der Waals surface area contributed by atoms with Crippen LogP contribution >= 0.6 is 0 Å². The second-order valence-corrected chi connectivity index (χ2v) is 7.66. The van der Waals surface area contributed by atoms with E-state index >= 15 is 0 Å². The smallest absolute Gasteiger partial charge is 0.161 e. The van der Waals surface area contributed by atoms with Crippen LogP contribution in [0.3, 0.4) is 0 Å². The highest BCUT2D eigenvalue weighted by Gasteiger charge is 2.41. The van der Waals surface area contributed by atoms with E-state index in [-0.39, 0.29) is 6.29 Å². The van der Waals surface area contributed by atoms with Gasteiger partial charge in [-0.25, -0.2) is 0 Å². The molecule has 1 aliphatic carbocycles. The van der Waals surface area contributed by atoms with Gasteiger partial charge in [-0.05, 0) is 37.0 Å². The van der Waals surface area contributed by atoms with Crippen LogP contribution in [0, 0.1) is 29.6 Å². The lowest BCUT2D eigenvalue weighted by Gasteiger charge is -2.45. The van der Waals surface area contributed by atoms with Crippen LogP contribution < -0.4 is 0 Å². The van der Waals surface area contributed by atoms with Crippen LogP contribution in [-0.2, 0) is 9.47 Å². The highest BCUT2D eigenvalue weighted by atomic mass is 16.7. The van der Waals surface area contributed by atoms with E-state index < -0.39 is 0 Å². The molecule has 1 aliphatic heterocycles. The van der Waals surface area contributed by atoms with Crippen molar-refractivity contribution < 1.29 is 9.47 Å². The topological polar surface area (TPSA) is 18.5 Å². The van der Waals surface area contributed by atoms with Gasteiger partial charge in [-0.15, -0.1) is 0 Å². The van der Waals surface area contributed by atoms with Crippen LogP contribution in [0.15, 0.2) is 12.2 Å². The minimum Gasteiger partial charge on any atom is -0.349 e. The monoisotopic (exact) mass is 308 g/mol. The van der Waals surface area contributed by atoms with Crippen LogP contribution in [0.5, 0.6) is 0 Å². The van der Waals surface area contributed by atoms with Gasteiger partial charge in [0, 0.05) is 11.8 Å². The van der Waals surface area contributed by atoms with Crippen molar-refractivity contribution >= 4 is 0 Å². The molecular formula is C20H36O2. The number of hydrogen-bond donors (Lipinski definition) is 0. The number of hydrogen-bond acceptors (Lipinski definition) is 2. The predicted molar refractivity (Wildman–Crippen MR) is 92.6 cm³/mol. The second kappa shape index (κ2) is 7.97. The molecule has 2 nitrogen and oxygen atoms in total. The Labute approximate surface area is 137 Å². The van der Waals surface area contributed by atoms with Gasteiger partial charge in [-0.1, -0.05) is 60.1 Å². The summed E-state index contributed by atoms with van der Waals surface area (Å²) < 4.78 is 13.0. The lowest BCUT2D eigenvalue weighted by Crippen LogP contribution is -2.48. The maximum absolute atomic E-state index is 6.62. The normalized spacial score (nSPS) is 46.5. The Kier molecular flexibility index (Phi) is 6.52. The third kappa shape index (κ3) is 3.76. The number of allylic oxidation sites excluding steroid dienone is 1. The zero-order valence-corrected chi connectivity index (χ0v) is 15.4. The number of rotatable bonds is 4. The highest BCUT2D eigenvalue weighted by molar-refractivity contribution is 4.97. The van der Waals surface area contributed by atoms with Gasteiger partial charge >= 0.3 is 0 Å². The summed E-state index contributed by atoms with van der Waals surface area (Å²) in [7, 11) is 0. The Morgan fingerprint density at radius 1 is 1.00 bits per heavy atom. The zero-order chi connectivity index (χ0) is 16.3. The minimum atomic E-state index is -0.0378. The second-order valence-electron chi connectivity index (χ2n) is 7.66. The van der Waals surface area contributed by atoms with E-state index in [1.807, 2.05) is 0 Å². The first kappa shape index (κ1) is 18.0. The highest BCUT2D eigenvalue weighted by Crippen LogP contribution is 2.39. The first-order chi connectivity index (χ1) is 10.5. The first-order valence-corrected chi connectivity index (χ1v) is 9.47. The SMILES string of the molecule is CCC1CCC=CC(C)C1OC1OC(CC)C(C)C(C)C1C. The summed E-state index contributed by atoms with van der Waals surface area (Å²) in [5, 5.41) is 0. The fourth-order valence-corrected chi connectivity index (χ4v) is 4.26. The van der Waals surface area contributed by atoms with Crippen LogP contribution in [0.25, 0.3) is 0 Å². The summed E-state index contributed by atoms with van der Waals surface area (Å²) in [6, 6.07) is 0. The van der Waals surface area contributed by atoms with Crippen molar-refractivity contribution in [2.45, 2.75) is 85.7 Å². The van der Waals surface area contributed by atoms with E-state index in [1.54, 1.807) is 0 Å². The maximum Gasteiger partial charge on any atom is 0.161 e. The molecule has 0 N–H and O–H groups in total. The fraction of sp³-hybridized carbons (Fsp3) is 0.900. The molecule has 8 unspecified atom stereocenters. The summed E-state index contributed by atoms with van der Waals surface area (Å²) in [4.78, 5) is 0. The summed E-state index contributed by atoms with van der Waals surface area (Å²) >= 11 is 0. The van der Waals surface area contributed by atoms with Crippen LogP contribution in [0.2, 0.25) is 0 Å². The fourth-order valence-electron chi connectivity index (χ4n) is 4.26. The molecule has 2 aliphatic rings. The predicted octanol–water partition coefficient (Wildman–Crippen LogP) is 5.43. The lowest BCUT2D eigenvalue weighted by molar-refractivity contribution is -0.274. The Hall–Kier alpha value is -0.340. The summed E-state index contributed by atoms with van der Waals surface area (Å²) in [5.74, 6) is 2.87. The van der Waals surface area contributed by atoms with Crippen molar-refractivity contribution in [2.24, 2.45) is 29.6 Å². The molecule has 0 aromatic heterocycles. The van der Waals surface area contributed by atoms with Crippen LogP contribution in [0.4, 0.5) is 0 Å². The first-order valence-electron chi connectivity index (χ1n) is 9.47. The summed E-state index contributed by atoms with van der Waals surface area (Å²) in [6.07, 6.45) is 9.99. The quantitative estimate of drug-likeness (QED) is 0.645. The molecule has 0 aromatic rings. The average Bonchev–Trinajstić information content (AvgIpc) is 2.69. The number of ether oxygens (including phenoxy) is 2. The molecule has 0 aromatic carbocycles. The standard InChI is InChI=1S/C20H36O2/c1-7-17-12-10-9-11-13(3)19(17)22-20-16(6)14(4)15(5)18(8-2)21-20/h9,11,13-20H,7-8,10,12H2,1-6H3. The molecule has 1 heterocycles. The van der Waals surface area contributed by atoms with E-state index in [4.69, 9.17) is 9.47 Å². The maximum atomic E-state index is 6.62. The van der Waals surface area contributed by atoms with Gasteiger partial charge in [0.15, 0.2) is 6.29 Å². The van der Waals surface area contributed by atoms with Gasteiger partial charge in [-0.2, -0.15) is 0 Å². The van der Waals surface area contributed by atoms with Crippen molar-refractivity contribution in [3.8, 4) is 0 Å². The Balaban J connectivity index is 2.10. The molecule has 8 atom stereocenters. The van der Waals surface area contributed by atoms with Crippen molar-refractivity contribution in [1.82, 2.24) is 0 Å². The van der Waals surface area contributed by atoms with E-state index in [1.165, 1.54) is 19.3 Å². The molecule has 128 valence electrons. The van der Waals surface area contributed by atoms with Gasteiger partial charge in [-0.3, -0.25) is 0 Å². The van der Waals surface area contributed by atoms with E-state index in [0.29, 0.717) is 41.8 Å². The van der Waals surface area contributed by atoms with Crippen LogP contribution in [-0.4, -0.2) is 18.5 Å². The Bertz CT molecular complexity index is 363. The molecule has 2 rings (SSSR count). The molecule has 22 heavy (non-hydrogen) atoms. The molecule has 1 fully saturated rings. The Morgan fingerprint density at radius 2 is 1.73 bits per heavy atom. The van der Waals surface area contributed by atoms with Crippen molar-refractivity contribution in [1.29, 1.82) is 0 Å². The zero-order valence-electron chi connectivity index (χ0n) is 15.4. The van der Waals surface area contributed by atoms with Crippen molar-refractivity contribution in [3.63, 3.8) is 0 Å². The summed E-state index contributed by atoms with van der Waals surface area (Å²) in [5.41, 5.74) is 0. The van der Waals surface area contributed by atoms with Crippen molar-refractivity contribution in [2.75, 3.05) is 0 Å². The average molecular weight is 309 g/mol. The van der Waals surface area contributed by atoms with Gasteiger partial charge in [0.1, 0.15) is 0 Å². The molecule has 0 spiro atoms. The molecule has 0 amide bonds. The summed E-state index contributed by atoms with van der Waals surface area (Å²) in [6.45, 7) is 13.8. The minimum absolute atomic E-state index is 0.0378. The third-order valence-electron chi connectivity index (χ3n) is 6.33. The molecular weight excluding hydrogens is 272 g/mol. The van der Waals surface area contributed by atoms with E-state index in [9.17, 15) is 0 Å². The van der Waals surface area contributed by atoms with E-state index in [2.05, 4.69) is 53.7 Å². The van der Waals surface area contributed by atoms with Gasteiger partial charge < -0.3 is 9.47 Å². The van der Waals surface area contributed by atoms with Crippen LogP contribution in [0.1, 0.15) is 67.2 Å².